The lowest BCUT2D eigenvalue weighted by Crippen LogP contribution is -2.43. The van der Waals surface area contributed by atoms with Gasteiger partial charge in [-0.2, -0.15) is 0 Å². The monoisotopic (exact) mass is 256 g/mol. The van der Waals surface area contributed by atoms with Crippen molar-refractivity contribution >= 4 is 0 Å². The van der Waals surface area contributed by atoms with Gasteiger partial charge in [0.25, 0.3) is 0 Å². The second kappa shape index (κ2) is 8.13. The minimum atomic E-state index is -0.0875. The molecule has 0 radical (unpaired) electrons. The molecule has 2 unspecified atom stereocenters. The maximum atomic E-state index is 9.32. The molecule has 2 atom stereocenters. The van der Waals surface area contributed by atoms with Crippen molar-refractivity contribution in [1.29, 1.82) is 0 Å². The van der Waals surface area contributed by atoms with Crippen LogP contribution in [0, 0.1) is 5.92 Å². The molecule has 0 aromatic rings. The molecule has 1 heterocycles. The molecule has 0 bridgehead atoms. The normalized spacial score (nSPS) is 24.3. The Balaban J connectivity index is 2.08. The van der Waals surface area contributed by atoms with Crippen molar-refractivity contribution in [1.82, 2.24) is 10.2 Å². The number of rotatable bonds is 9. The minimum Gasteiger partial charge on any atom is -0.394 e. The lowest BCUT2D eigenvalue weighted by Gasteiger charge is -2.27. The predicted octanol–water partition coefficient (Wildman–Crippen LogP) is 2.25. The van der Waals surface area contributed by atoms with Gasteiger partial charge in [-0.3, -0.25) is 0 Å². The summed E-state index contributed by atoms with van der Waals surface area (Å²) in [5.41, 5.74) is -0.0875. The van der Waals surface area contributed by atoms with E-state index in [1.807, 2.05) is 7.05 Å². The van der Waals surface area contributed by atoms with E-state index < -0.39 is 0 Å². The average Bonchev–Trinajstić information content (AvgIpc) is 2.83. The van der Waals surface area contributed by atoms with Crippen LogP contribution in [0.2, 0.25) is 0 Å². The van der Waals surface area contributed by atoms with Crippen molar-refractivity contribution in [2.45, 2.75) is 57.9 Å². The Morgan fingerprint density at radius 2 is 2.17 bits per heavy atom. The predicted molar refractivity (Wildman–Crippen MR) is 77.9 cm³/mol. The lowest BCUT2D eigenvalue weighted by molar-refractivity contribution is 0.169. The zero-order valence-corrected chi connectivity index (χ0v) is 12.5. The van der Waals surface area contributed by atoms with Crippen LogP contribution in [0.15, 0.2) is 0 Å². The number of unbranched alkanes of at least 4 members (excludes halogenated alkanes) is 1. The van der Waals surface area contributed by atoms with Crippen molar-refractivity contribution in [2.24, 2.45) is 5.92 Å². The van der Waals surface area contributed by atoms with Crippen molar-refractivity contribution in [2.75, 3.05) is 33.3 Å². The third kappa shape index (κ3) is 5.25. The van der Waals surface area contributed by atoms with E-state index in [4.69, 9.17) is 0 Å². The number of likely N-dealkylation sites (tertiary alicyclic amines) is 1. The molecular formula is C15H32N2O. The number of likely N-dealkylation sites (N-methyl/N-ethyl adjacent to an activating group) is 1. The standard InChI is InChI=1S/C15H32N2O/c1-4-7-14-8-11-17(12-14)10-6-5-9-15(2,13-18)16-3/h14,16,18H,4-13H2,1-3H3. The number of hydrogen-bond donors (Lipinski definition) is 2. The molecule has 1 rings (SSSR count). The minimum absolute atomic E-state index is 0.0875. The van der Waals surface area contributed by atoms with Gasteiger partial charge in [0.05, 0.1) is 6.61 Å². The zero-order valence-electron chi connectivity index (χ0n) is 12.5. The summed E-state index contributed by atoms with van der Waals surface area (Å²) in [6.07, 6.45) is 7.66. The van der Waals surface area contributed by atoms with Crippen molar-refractivity contribution in [3.05, 3.63) is 0 Å². The smallest absolute Gasteiger partial charge is 0.0610 e. The highest BCUT2D eigenvalue weighted by Gasteiger charge is 2.22. The first-order chi connectivity index (χ1) is 8.63. The Morgan fingerprint density at radius 1 is 1.39 bits per heavy atom. The van der Waals surface area contributed by atoms with Gasteiger partial charge in [0.2, 0.25) is 0 Å². The molecule has 0 saturated carbocycles. The quantitative estimate of drug-likeness (QED) is 0.621. The van der Waals surface area contributed by atoms with Crippen LogP contribution < -0.4 is 5.32 Å². The van der Waals surface area contributed by atoms with E-state index in [1.54, 1.807) is 0 Å². The van der Waals surface area contributed by atoms with Crippen LogP contribution in [0.1, 0.15) is 52.4 Å². The largest absolute Gasteiger partial charge is 0.394 e. The molecule has 0 aliphatic carbocycles. The summed E-state index contributed by atoms with van der Waals surface area (Å²) in [6, 6.07) is 0. The third-order valence-electron chi connectivity index (χ3n) is 4.47. The second-order valence-electron chi connectivity index (χ2n) is 6.17. The van der Waals surface area contributed by atoms with Crippen LogP contribution in [-0.4, -0.2) is 48.8 Å². The molecular weight excluding hydrogens is 224 g/mol. The molecule has 1 saturated heterocycles. The van der Waals surface area contributed by atoms with E-state index in [2.05, 4.69) is 24.1 Å². The van der Waals surface area contributed by atoms with Gasteiger partial charge in [-0.05, 0) is 58.7 Å². The highest BCUT2D eigenvalue weighted by atomic mass is 16.3. The number of nitrogens with zero attached hydrogens (tertiary/aromatic N) is 1. The van der Waals surface area contributed by atoms with Gasteiger partial charge in [0.1, 0.15) is 0 Å². The van der Waals surface area contributed by atoms with Crippen molar-refractivity contribution < 1.29 is 5.11 Å². The van der Waals surface area contributed by atoms with Crippen LogP contribution in [0.4, 0.5) is 0 Å². The van der Waals surface area contributed by atoms with E-state index >= 15 is 0 Å². The van der Waals surface area contributed by atoms with Gasteiger partial charge in [0.15, 0.2) is 0 Å². The molecule has 3 heteroatoms. The number of aliphatic hydroxyl groups excluding tert-OH is 1. The Bertz CT molecular complexity index is 217. The summed E-state index contributed by atoms with van der Waals surface area (Å²) < 4.78 is 0. The van der Waals surface area contributed by atoms with E-state index in [9.17, 15) is 5.11 Å². The van der Waals surface area contributed by atoms with Crippen molar-refractivity contribution in [3.63, 3.8) is 0 Å². The Kier molecular flexibility index (Phi) is 7.20. The van der Waals surface area contributed by atoms with Gasteiger partial charge >= 0.3 is 0 Å². The number of hydrogen-bond acceptors (Lipinski definition) is 3. The number of aliphatic hydroxyl groups is 1. The third-order valence-corrected chi connectivity index (χ3v) is 4.47. The SMILES string of the molecule is CCCC1CCN(CCCCC(C)(CO)NC)C1. The van der Waals surface area contributed by atoms with Gasteiger partial charge in [-0.25, -0.2) is 0 Å². The Morgan fingerprint density at radius 3 is 2.78 bits per heavy atom. The summed E-state index contributed by atoms with van der Waals surface area (Å²) in [5.74, 6) is 0.954. The molecule has 18 heavy (non-hydrogen) atoms. The molecule has 2 N–H and O–H groups in total. The summed E-state index contributed by atoms with van der Waals surface area (Å²) in [5, 5.41) is 12.5. The lowest BCUT2D eigenvalue weighted by atomic mass is 9.96. The zero-order chi connectivity index (χ0) is 13.4. The summed E-state index contributed by atoms with van der Waals surface area (Å²) in [4.78, 5) is 2.62. The van der Waals surface area contributed by atoms with E-state index in [0.29, 0.717) is 0 Å². The van der Waals surface area contributed by atoms with E-state index in [1.165, 1.54) is 51.7 Å². The molecule has 0 aromatic carbocycles. The van der Waals surface area contributed by atoms with Crippen LogP contribution in [0.25, 0.3) is 0 Å². The maximum absolute atomic E-state index is 9.32. The molecule has 0 aromatic heterocycles. The van der Waals surface area contributed by atoms with Crippen LogP contribution in [-0.2, 0) is 0 Å². The fourth-order valence-corrected chi connectivity index (χ4v) is 2.89. The maximum Gasteiger partial charge on any atom is 0.0610 e. The fourth-order valence-electron chi connectivity index (χ4n) is 2.89. The molecule has 0 amide bonds. The Hall–Kier alpha value is -0.120. The topological polar surface area (TPSA) is 35.5 Å². The van der Waals surface area contributed by atoms with Crippen molar-refractivity contribution in [3.8, 4) is 0 Å². The Labute approximate surface area is 113 Å². The first-order valence-corrected chi connectivity index (χ1v) is 7.65. The summed E-state index contributed by atoms with van der Waals surface area (Å²) in [7, 11) is 1.94. The van der Waals surface area contributed by atoms with E-state index in [-0.39, 0.29) is 12.1 Å². The molecule has 108 valence electrons. The second-order valence-corrected chi connectivity index (χ2v) is 6.17. The average molecular weight is 256 g/mol. The van der Waals surface area contributed by atoms with E-state index in [0.717, 1.165) is 12.3 Å². The van der Waals surface area contributed by atoms with Crippen LogP contribution in [0.5, 0.6) is 0 Å². The van der Waals surface area contributed by atoms with Crippen LogP contribution >= 0.6 is 0 Å². The molecule has 1 aliphatic rings. The molecule has 0 spiro atoms. The van der Waals surface area contributed by atoms with Gasteiger partial charge in [-0.15, -0.1) is 0 Å². The summed E-state index contributed by atoms with van der Waals surface area (Å²) >= 11 is 0. The molecule has 3 nitrogen and oxygen atoms in total. The first kappa shape index (κ1) is 15.9. The molecule has 1 fully saturated rings. The number of nitrogens with one attached hydrogen (secondary N) is 1. The summed E-state index contributed by atoms with van der Waals surface area (Å²) in [6.45, 7) is 8.47. The van der Waals surface area contributed by atoms with Gasteiger partial charge < -0.3 is 15.3 Å². The first-order valence-electron chi connectivity index (χ1n) is 7.65. The van der Waals surface area contributed by atoms with Gasteiger partial charge in [0, 0.05) is 12.1 Å². The van der Waals surface area contributed by atoms with Gasteiger partial charge in [-0.1, -0.05) is 19.8 Å². The molecule has 1 aliphatic heterocycles. The van der Waals surface area contributed by atoms with Crippen LogP contribution in [0.3, 0.4) is 0 Å². The highest BCUT2D eigenvalue weighted by molar-refractivity contribution is 4.81. The highest BCUT2D eigenvalue weighted by Crippen LogP contribution is 2.21. The fraction of sp³-hybridized carbons (Fsp3) is 1.00.